The molecule has 3 aromatic carbocycles. The number of carbonyl (C=O) groups is 3. The van der Waals surface area contributed by atoms with E-state index in [-0.39, 0.29) is 6.61 Å². The Kier molecular flexibility index (Phi) is 12.1. The Morgan fingerprint density at radius 3 is 2.07 bits per heavy atom. The minimum absolute atomic E-state index is 0.184. The lowest BCUT2D eigenvalue weighted by Gasteiger charge is -2.24. The van der Waals surface area contributed by atoms with Crippen molar-refractivity contribution < 1.29 is 43.9 Å². The molecule has 0 saturated carbocycles. The van der Waals surface area contributed by atoms with Crippen LogP contribution in [-0.4, -0.2) is 83.7 Å². The predicted octanol–water partition coefficient (Wildman–Crippen LogP) is 4.44. The summed E-state index contributed by atoms with van der Waals surface area (Å²) < 4.78 is 16.7. The van der Waals surface area contributed by atoms with Crippen LogP contribution in [0.25, 0.3) is 11.1 Å². The van der Waals surface area contributed by atoms with Crippen LogP contribution in [0.5, 0.6) is 11.5 Å². The average Bonchev–Trinajstić information content (AvgIpc) is 3.00. The third kappa shape index (κ3) is 9.29. The molecule has 0 spiro atoms. The highest BCUT2D eigenvalue weighted by atomic mass is 16.5. The topological polar surface area (TPSA) is 143 Å². The first-order valence-electron chi connectivity index (χ1n) is 14.1. The third-order valence-electron chi connectivity index (χ3n) is 7.28. The molecule has 0 bridgehead atoms. The third-order valence-corrected chi connectivity index (χ3v) is 7.28. The molecule has 0 heterocycles. The standard InChI is InChI=1S/C33H39NO9/c1-4-34(5-2)18-19-42-26-16-12-24(13-17-26)29(22-43-31(37)21-33(40,32(38)39)20-30(35)36)28-9-7-6-8-27(28)23-10-14-25(41-3)15-11-23/h6-17,29,40H,4-5,18-22H2,1-3H3,(H,35,36)(H,38,39). The fourth-order valence-corrected chi connectivity index (χ4v) is 4.76. The second-order valence-corrected chi connectivity index (χ2v) is 10.1. The normalized spacial score (nSPS) is 13.1. The van der Waals surface area contributed by atoms with E-state index in [1.165, 1.54) is 0 Å². The van der Waals surface area contributed by atoms with Gasteiger partial charge in [-0.25, -0.2) is 4.79 Å². The summed E-state index contributed by atoms with van der Waals surface area (Å²) in [7, 11) is 1.59. The molecular formula is C33H39NO9. The molecule has 2 atom stereocenters. The van der Waals surface area contributed by atoms with Gasteiger partial charge in [-0.05, 0) is 59.6 Å². The fourth-order valence-electron chi connectivity index (χ4n) is 4.76. The van der Waals surface area contributed by atoms with E-state index in [1.807, 2.05) is 72.8 Å². The molecule has 0 fully saturated rings. The molecule has 0 radical (unpaired) electrons. The van der Waals surface area contributed by atoms with Crippen molar-refractivity contribution in [3.63, 3.8) is 0 Å². The maximum Gasteiger partial charge on any atom is 0.336 e. The number of benzene rings is 3. The van der Waals surface area contributed by atoms with Crippen LogP contribution in [-0.2, 0) is 19.1 Å². The quantitative estimate of drug-likeness (QED) is 0.192. The summed E-state index contributed by atoms with van der Waals surface area (Å²) in [6.07, 6.45) is -2.16. The molecule has 10 heteroatoms. The van der Waals surface area contributed by atoms with Crippen LogP contribution in [0.1, 0.15) is 43.7 Å². The second kappa shape index (κ2) is 15.7. The minimum Gasteiger partial charge on any atom is -0.497 e. The van der Waals surface area contributed by atoms with Gasteiger partial charge in [-0.3, -0.25) is 9.59 Å². The van der Waals surface area contributed by atoms with Crippen molar-refractivity contribution in [3.8, 4) is 22.6 Å². The van der Waals surface area contributed by atoms with E-state index >= 15 is 0 Å². The van der Waals surface area contributed by atoms with Gasteiger partial charge >= 0.3 is 17.9 Å². The highest BCUT2D eigenvalue weighted by Gasteiger charge is 2.41. The molecule has 43 heavy (non-hydrogen) atoms. The van der Waals surface area contributed by atoms with Gasteiger partial charge in [0.05, 0.1) is 20.0 Å². The summed E-state index contributed by atoms with van der Waals surface area (Å²) in [5.74, 6) is -3.49. The summed E-state index contributed by atoms with van der Waals surface area (Å²) in [6, 6.07) is 22.6. The number of methoxy groups -OCH3 is 1. The zero-order valence-corrected chi connectivity index (χ0v) is 24.7. The molecular weight excluding hydrogens is 554 g/mol. The Morgan fingerprint density at radius 2 is 1.49 bits per heavy atom. The van der Waals surface area contributed by atoms with E-state index in [0.29, 0.717) is 18.1 Å². The average molecular weight is 594 g/mol. The van der Waals surface area contributed by atoms with Crippen LogP contribution < -0.4 is 9.47 Å². The van der Waals surface area contributed by atoms with Crippen LogP contribution in [0.15, 0.2) is 72.8 Å². The van der Waals surface area contributed by atoms with Gasteiger partial charge in [0.2, 0.25) is 0 Å². The van der Waals surface area contributed by atoms with Gasteiger partial charge < -0.3 is 34.4 Å². The molecule has 3 rings (SSSR count). The van der Waals surface area contributed by atoms with E-state index in [2.05, 4.69) is 18.7 Å². The van der Waals surface area contributed by atoms with Crippen LogP contribution in [0, 0.1) is 0 Å². The molecule has 3 N–H and O–H groups in total. The highest BCUT2D eigenvalue weighted by Crippen LogP contribution is 2.35. The molecule has 230 valence electrons. The zero-order valence-electron chi connectivity index (χ0n) is 24.7. The summed E-state index contributed by atoms with van der Waals surface area (Å²) in [5, 5.41) is 28.7. The van der Waals surface area contributed by atoms with Gasteiger partial charge in [0.15, 0.2) is 5.60 Å². The molecule has 0 aliphatic rings. The zero-order chi connectivity index (χ0) is 31.4. The van der Waals surface area contributed by atoms with Crippen molar-refractivity contribution in [3.05, 3.63) is 83.9 Å². The first kappa shape index (κ1) is 33.1. The lowest BCUT2D eigenvalue weighted by molar-refractivity contribution is -0.172. The van der Waals surface area contributed by atoms with Crippen LogP contribution in [0.3, 0.4) is 0 Å². The van der Waals surface area contributed by atoms with Gasteiger partial charge in [-0.2, -0.15) is 0 Å². The lowest BCUT2D eigenvalue weighted by atomic mass is 9.86. The Bertz CT molecular complexity index is 1350. The first-order valence-corrected chi connectivity index (χ1v) is 14.1. The van der Waals surface area contributed by atoms with Crippen molar-refractivity contribution >= 4 is 17.9 Å². The van der Waals surface area contributed by atoms with Gasteiger partial charge in [0, 0.05) is 12.5 Å². The number of hydrogen-bond donors (Lipinski definition) is 3. The van der Waals surface area contributed by atoms with E-state index < -0.39 is 42.3 Å². The summed E-state index contributed by atoms with van der Waals surface area (Å²) in [5.41, 5.74) is 0.659. The fraction of sp³-hybridized carbons (Fsp3) is 0.364. The predicted molar refractivity (Wildman–Crippen MR) is 160 cm³/mol. The number of carbonyl (C=O) groups excluding carboxylic acids is 1. The van der Waals surface area contributed by atoms with Crippen molar-refractivity contribution in [2.24, 2.45) is 0 Å². The van der Waals surface area contributed by atoms with E-state index in [1.54, 1.807) is 7.11 Å². The second-order valence-electron chi connectivity index (χ2n) is 10.1. The SMILES string of the molecule is CCN(CC)CCOc1ccc(C(COC(=O)CC(O)(CC(=O)O)C(=O)O)c2ccccc2-c2ccc(OC)cc2)cc1. The van der Waals surface area contributed by atoms with Crippen LogP contribution in [0.4, 0.5) is 0 Å². The van der Waals surface area contributed by atoms with E-state index in [0.717, 1.165) is 41.9 Å². The number of carboxylic acids is 2. The number of nitrogens with zero attached hydrogens (tertiary/aromatic N) is 1. The molecule has 0 amide bonds. The van der Waals surface area contributed by atoms with Crippen LogP contribution in [0.2, 0.25) is 0 Å². The van der Waals surface area contributed by atoms with Gasteiger partial charge in [0.1, 0.15) is 24.7 Å². The maximum atomic E-state index is 12.7. The number of esters is 1. The Hall–Kier alpha value is -4.41. The molecule has 10 nitrogen and oxygen atoms in total. The molecule has 3 aromatic rings. The number of aliphatic hydroxyl groups is 1. The molecule has 2 unspecified atom stereocenters. The largest absolute Gasteiger partial charge is 0.497 e. The number of rotatable bonds is 17. The summed E-state index contributed by atoms with van der Waals surface area (Å²) >= 11 is 0. The van der Waals surface area contributed by atoms with Crippen molar-refractivity contribution in [2.45, 2.75) is 38.2 Å². The monoisotopic (exact) mass is 593 g/mol. The molecule has 0 aliphatic carbocycles. The molecule has 0 aliphatic heterocycles. The highest BCUT2D eigenvalue weighted by molar-refractivity contribution is 5.88. The summed E-state index contributed by atoms with van der Waals surface area (Å²) in [6.45, 7) is 7.22. The maximum absolute atomic E-state index is 12.7. The van der Waals surface area contributed by atoms with Crippen molar-refractivity contribution in [2.75, 3.05) is 40.0 Å². The van der Waals surface area contributed by atoms with Gasteiger partial charge in [-0.15, -0.1) is 0 Å². The minimum atomic E-state index is -2.79. The van der Waals surface area contributed by atoms with E-state index in [9.17, 15) is 24.6 Å². The van der Waals surface area contributed by atoms with Crippen molar-refractivity contribution in [1.82, 2.24) is 4.90 Å². The van der Waals surface area contributed by atoms with E-state index in [4.69, 9.17) is 19.3 Å². The number of likely N-dealkylation sites (N-methyl/N-ethyl adjacent to an activating group) is 1. The Morgan fingerprint density at radius 1 is 0.860 bits per heavy atom. The number of carboxylic acid groups (broad SMARTS) is 2. The Balaban J connectivity index is 1.90. The lowest BCUT2D eigenvalue weighted by Crippen LogP contribution is -2.43. The molecule has 0 aromatic heterocycles. The summed E-state index contributed by atoms with van der Waals surface area (Å²) in [4.78, 5) is 37.7. The van der Waals surface area contributed by atoms with Gasteiger partial charge in [-0.1, -0.05) is 62.4 Å². The number of hydrogen-bond acceptors (Lipinski definition) is 8. The first-order chi connectivity index (χ1) is 20.6. The van der Waals surface area contributed by atoms with Crippen LogP contribution >= 0.6 is 0 Å². The van der Waals surface area contributed by atoms with Crippen molar-refractivity contribution in [1.29, 1.82) is 0 Å². The molecule has 0 saturated heterocycles. The Labute approximate surface area is 251 Å². The number of ether oxygens (including phenoxy) is 3. The van der Waals surface area contributed by atoms with Gasteiger partial charge in [0.25, 0.3) is 0 Å². The smallest absolute Gasteiger partial charge is 0.336 e. The number of aliphatic carboxylic acids is 2.